The molecule has 1 aliphatic heterocycles. The number of carbonyl (C=O) groups is 1. The first-order valence-electron chi connectivity index (χ1n) is 12.4. The number of nitrogens with one attached hydrogen (secondary N) is 1. The minimum absolute atomic E-state index is 0.206. The normalized spacial score (nSPS) is 14.7. The summed E-state index contributed by atoms with van der Waals surface area (Å²) in [7, 11) is 0. The summed E-state index contributed by atoms with van der Waals surface area (Å²) in [4.78, 5) is 18.0. The summed E-state index contributed by atoms with van der Waals surface area (Å²) < 4.78 is 20.2. The Bertz CT molecular complexity index is 1410. The van der Waals surface area contributed by atoms with Gasteiger partial charge in [0, 0.05) is 21.3 Å². The van der Waals surface area contributed by atoms with Gasteiger partial charge < -0.3 is 19.5 Å². The van der Waals surface area contributed by atoms with E-state index in [4.69, 9.17) is 42.5 Å². The lowest BCUT2D eigenvalue weighted by atomic mass is 9.95. The molecule has 39 heavy (non-hydrogen) atoms. The number of aromatic nitrogens is 3. The predicted molar refractivity (Wildman–Crippen MR) is 158 cm³/mol. The Hall–Kier alpha value is -2.40. The molecule has 0 spiro atoms. The van der Waals surface area contributed by atoms with Crippen molar-refractivity contribution in [2.75, 3.05) is 17.7 Å². The van der Waals surface area contributed by atoms with Crippen LogP contribution in [-0.4, -0.2) is 39.2 Å². The highest BCUT2D eigenvalue weighted by Crippen LogP contribution is 2.44. The van der Waals surface area contributed by atoms with E-state index < -0.39 is 12.0 Å². The van der Waals surface area contributed by atoms with Gasteiger partial charge >= 0.3 is 5.97 Å². The topological polar surface area (TPSA) is 87.5 Å². The summed E-state index contributed by atoms with van der Waals surface area (Å²) in [6.07, 6.45) is -0.289. The second-order valence-corrected chi connectivity index (χ2v) is 11.8. The van der Waals surface area contributed by atoms with Gasteiger partial charge in [-0.1, -0.05) is 48.0 Å². The minimum atomic E-state index is -0.610. The fourth-order valence-corrected chi connectivity index (χ4v) is 5.70. The molecule has 4 rings (SSSR count). The number of esters is 1. The lowest BCUT2D eigenvalue weighted by molar-refractivity contribution is -0.143. The number of fused-ring (bicyclic) bond motifs is 1. The summed E-state index contributed by atoms with van der Waals surface area (Å²) >= 11 is 17.6. The number of hydrogen-bond donors (Lipinski definition) is 1. The molecule has 0 aliphatic carbocycles. The summed E-state index contributed by atoms with van der Waals surface area (Å²) in [6, 6.07) is 8.40. The second kappa shape index (κ2) is 12.8. The highest BCUT2D eigenvalue weighted by molar-refractivity contribution is 9.10. The van der Waals surface area contributed by atoms with E-state index >= 15 is 0 Å². The average Bonchev–Trinajstić information content (AvgIpc) is 3.25. The van der Waals surface area contributed by atoms with Crippen molar-refractivity contribution in [2.24, 2.45) is 0 Å². The van der Waals surface area contributed by atoms with E-state index in [0.29, 0.717) is 55.0 Å². The fourth-order valence-electron chi connectivity index (χ4n) is 4.11. The standard InChI is InChI=1S/C27H29BrCl2N4O4S/c1-6-36-21-11-17(10-19(28)24(21)37-13-16-8-9-18(29)12-20(16)30)23-22(25(35)38-14(3)4)15(5)31-26-32-27(39-7-2)33-34(23)26/h8-12,14,23H,6-7,13H2,1-5H3,(H,31,32,33). The maximum atomic E-state index is 13.3. The smallest absolute Gasteiger partial charge is 0.338 e. The first-order chi connectivity index (χ1) is 18.6. The summed E-state index contributed by atoms with van der Waals surface area (Å²) in [5.74, 6) is 1.93. The van der Waals surface area contributed by atoms with Crippen LogP contribution in [0.2, 0.25) is 10.0 Å². The third-order valence-electron chi connectivity index (χ3n) is 5.70. The zero-order chi connectivity index (χ0) is 28.3. The Labute approximate surface area is 250 Å². The van der Waals surface area contributed by atoms with Gasteiger partial charge in [0.15, 0.2) is 11.5 Å². The molecule has 2 aromatic carbocycles. The summed E-state index contributed by atoms with van der Waals surface area (Å²) in [5, 5.41) is 9.61. The molecule has 208 valence electrons. The van der Waals surface area contributed by atoms with Crippen LogP contribution >= 0.6 is 50.9 Å². The number of halogens is 3. The van der Waals surface area contributed by atoms with Crippen molar-refractivity contribution >= 4 is 62.8 Å². The zero-order valence-corrected chi connectivity index (χ0v) is 26.1. The van der Waals surface area contributed by atoms with Gasteiger partial charge in [-0.05, 0) is 79.2 Å². The predicted octanol–water partition coefficient (Wildman–Crippen LogP) is 7.68. The van der Waals surface area contributed by atoms with Gasteiger partial charge in [-0.3, -0.25) is 0 Å². The summed E-state index contributed by atoms with van der Waals surface area (Å²) in [6.45, 7) is 10.0. The monoisotopic (exact) mass is 654 g/mol. The molecule has 8 nitrogen and oxygen atoms in total. The van der Waals surface area contributed by atoms with Crippen LogP contribution in [0, 0.1) is 0 Å². The van der Waals surface area contributed by atoms with E-state index in [1.165, 1.54) is 11.8 Å². The van der Waals surface area contributed by atoms with Gasteiger partial charge in [0.25, 0.3) is 0 Å². The van der Waals surface area contributed by atoms with E-state index in [2.05, 4.69) is 26.2 Å². The molecular weight excluding hydrogens is 627 g/mol. The van der Waals surface area contributed by atoms with Crippen LogP contribution in [0.4, 0.5) is 5.95 Å². The van der Waals surface area contributed by atoms with Crippen molar-refractivity contribution in [2.45, 2.75) is 58.5 Å². The first kappa shape index (κ1) is 29.6. The molecule has 0 bridgehead atoms. The number of anilines is 1. The number of rotatable bonds is 10. The van der Waals surface area contributed by atoms with Gasteiger partial charge in [0.1, 0.15) is 12.6 Å². The quantitative estimate of drug-likeness (QED) is 0.176. The maximum absolute atomic E-state index is 13.3. The van der Waals surface area contributed by atoms with Crippen molar-refractivity contribution in [1.82, 2.24) is 14.8 Å². The number of allylic oxidation sites excluding steroid dienone is 1. The molecule has 1 N–H and O–H groups in total. The van der Waals surface area contributed by atoms with E-state index in [-0.39, 0.29) is 12.7 Å². The molecule has 0 saturated heterocycles. The molecule has 1 unspecified atom stereocenters. The molecule has 0 amide bonds. The molecule has 0 saturated carbocycles. The van der Waals surface area contributed by atoms with Crippen LogP contribution in [0.3, 0.4) is 0 Å². The van der Waals surface area contributed by atoms with Crippen LogP contribution in [-0.2, 0) is 16.1 Å². The fraction of sp³-hybridized carbons (Fsp3) is 0.370. The third-order valence-corrected chi connectivity index (χ3v) is 7.60. The van der Waals surface area contributed by atoms with Crippen molar-refractivity contribution < 1.29 is 19.0 Å². The molecular formula is C27H29BrCl2N4O4S. The molecule has 1 aromatic heterocycles. The molecule has 2 heterocycles. The van der Waals surface area contributed by atoms with Gasteiger partial charge in [0.2, 0.25) is 11.1 Å². The molecule has 1 aliphatic rings. The lowest BCUT2D eigenvalue weighted by Crippen LogP contribution is -2.30. The Morgan fingerprint density at radius 1 is 1.21 bits per heavy atom. The van der Waals surface area contributed by atoms with Gasteiger partial charge in [-0.15, -0.1) is 5.10 Å². The Morgan fingerprint density at radius 2 is 1.97 bits per heavy atom. The Balaban J connectivity index is 1.79. The lowest BCUT2D eigenvalue weighted by Gasteiger charge is -2.29. The van der Waals surface area contributed by atoms with Crippen molar-refractivity contribution in [3.8, 4) is 11.5 Å². The zero-order valence-electron chi connectivity index (χ0n) is 22.2. The van der Waals surface area contributed by atoms with Crippen LogP contribution in [0.5, 0.6) is 11.5 Å². The van der Waals surface area contributed by atoms with E-state index in [1.54, 1.807) is 16.8 Å². The first-order valence-corrected chi connectivity index (χ1v) is 15.0. The van der Waals surface area contributed by atoms with Crippen molar-refractivity contribution in [3.63, 3.8) is 0 Å². The third kappa shape index (κ3) is 6.67. The highest BCUT2D eigenvalue weighted by atomic mass is 79.9. The van der Waals surface area contributed by atoms with Gasteiger partial charge in [0.05, 0.1) is 22.8 Å². The van der Waals surface area contributed by atoms with Crippen molar-refractivity contribution in [3.05, 3.63) is 67.2 Å². The number of ether oxygens (including phenoxy) is 3. The van der Waals surface area contributed by atoms with Crippen LogP contribution in [0.1, 0.15) is 51.8 Å². The maximum Gasteiger partial charge on any atom is 0.338 e. The number of nitrogens with zero attached hydrogens (tertiary/aromatic N) is 3. The Kier molecular flexibility index (Phi) is 9.74. The van der Waals surface area contributed by atoms with Crippen LogP contribution in [0.25, 0.3) is 0 Å². The number of hydrogen-bond acceptors (Lipinski definition) is 8. The van der Waals surface area contributed by atoms with E-state index in [9.17, 15) is 4.79 Å². The highest BCUT2D eigenvalue weighted by Gasteiger charge is 2.36. The number of benzene rings is 2. The number of thioether (sulfide) groups is 1. The van der Waals surface area contributed by atoms with E-state index in [1.807, 2.05) is 52.8 Å². The Morgan fingerprint density at radius 3 is 2.64 bits per heavy atom. The molecule has 0 radical (unpaired) electrons. The summed E-state index contributed by atoms with van der Waals surface area (Å²) in [5.41, 5.74) is 2.61. The van der Waals surface area contributed by atoms with E-state index in [0.717, 1.165) is 16.9 Å². The van der Waals surface area contributed by atoms with Crippen LogP contribution < -0.4 is 14.8 Å². The average molecular weight is 656 g/mol. The molecule has 1 atom stereocenters. The van der Waals surface area contributed by atoms with Gasteiger partial charge in [-0.2, -0.15) is 4.98 Å². The SMILES string of the molecule is CCOc1cc(C2C(C(=O)OC(C)C)=C(C)Nc3nc(SCC)nn32)cc(Br)c1OCc1ccc(Cl)cc1Cl. The molecule has 12 heteroatoms. The largest absolute Gasteiger partial charge is 0.490 e. The molecule has 0 fully saturated rings. The van der Waals surface area contributed by atoms with Crippen LogP contribution in [0.15, 0.2) is 51.2 Å². The van der Waals surface area contributed by atoms with Gasteiger partial charge in [-0.25, -0.2) is 9.48 Å². The number of carbonyl (C=O) groups excluding carboxylic acids is 1. The molecule has 3 aromatic rings. The second-order valence-electron chi connectivity index (χ2n) is 8.90. The van der Waals surface area contributed by atoms with Crippen molar-refractivity contribution in [1.29, 1.82) is 0 Å². The minimum Gasteiger partial charge on any atom is -0.490 e.